The number of thiazole rings is 2. The van der Waals surface area contributed by atoms with Gasteiger partial charge in [-0.2, -0.15) is 0 Å². The molecule has 8 rings (SSSR count). The highest BCUT2D eigenvalue weighted by Crippen LogP contribution is 2.33. The van der Waals surface area contributed by atoms with E-state index in [1.807, 2.05) is 54.6 Å². The van der Waals surface area contributed by atoms with E-state index in [-0.39, 0.29) is 18.5 Å². The zero-order valence-corrected chi connectivity index (χ0v) is 30.9. The molecular formula is C36H28N6O6S4. The quantitative estimate of drug-likeness (QED) is 0.131. The molecule has 0 aliphatic carbocycles. The second-order valence-electron chi connectivity index (χ2n) is 11.6. The Hall–Kier alpha value is -4.90. The van der Waals surface area contributed by atoms with Gasteiger partial charge in [0.15, 0.2) is 12.1 Å². The number of hydrogen-bond donors (Lipinski definition) is 0. The van der Waals surface area contributed by atoms with E-state index in [0.717, 1.165) is 68.7 Å². The minimum absolute atomic E-state index is 0.0950. The summed E-state index contributed by atoms with van der Waals surface area (Å²) >= 11 is 6.05. The lowest BCUT2D eigenvalue weighted by Crippen LogP contribution is -2.21. The molecule has 0 radical (unpaired) electrons. The Balaban J connectivity index is 0.854. The molecule has 2 atom stereocenters. The van der Waals surface area contributed by atoms with Crippen LogP contribution in [0.2, 0.25) is 0 Å². The first-order valence-corrected chi connectivity index (χ1v) is 19.6. The van der Waals surface area contributed by atoms with Gasteiger partial charge in [-0.05, 0) is 48.5 Å². The number of pyridine rings is 2. The number of aromatic nitrogens is 4. The predicted octanol–water partition coefficient (Wildman–Crippen LogP) is 6.59. The van der Waals surface area contributed by atoms with Crippen LogP contribution >= 0.6 is 46.2 Å². The minimum Gasteiger partial charge on any atom is -0.497 e. The Morgan fingerprint density at radius 1 is 0.731 bits per heavy atom. The third-order valence-electron chi connectivity index (χ3n) is 8.07. The second kappa shape index (κ2) is 15.0. The van der Waals surface area contributed by atoms with Gasteiger partial charge in [0, 0.05) is 46.8 Å². The van der Waals surface area contributed by atoms with Gasteiger partial charge in [-0.3, -0.25) is 20.0 Å². The van der Waals surface area contributed by atoms with Crippen LogP contribution in [-0.4, -0.2) is 79.8 Å². The first-order valence-electron chi connectivity index (χ1n) is 16.0. The van der Waals surface area contributed by atoms with Gasteiger partial charge < -0.3 is 18.9 Å². The molecule has 2 aromatic carbocycles. The number of benzene rings is 2. The fourth-order valence-corrected chi connectivity index (χ4v) is 9.54. The van der Waals surface area contributed by atoms with Crippen LogP contribution in [0, 0.1) is 0 Å². The summed E-state index contributed by atoms with van der Waals surface area (Å²) in [5, 5.41) is 3.06. The third kappa shape index (κ3) is 7.37. The molecule has 2 unspecified atom stereocenters. The summed E-state index contributed by atoms with van der Waals surface area (Å²) in [6.07, 6.45) is 5.21. The predicted molar refractivity (Wildman–Crippen MR) is 205 cm³/mol. The van der Waals surface area contributed by atoms with E-state index in [2.05, 4.69) is 24.9 Å². The lowest BCUT2D eigenvalue weighted by atomic mass is 10.1. The average molecular weight is 769 g/mol. The van der Waals surface area contributed by atoms with Crippen molar-refractivity contribution in [1.29, 1.82) is 0 Å². The van der Waals surface area contributed by atoms with Crippen LogP contribution in [0.5, 0.6) is 11.5 Å². The lowest BCUT2D eigenvalue weighted by Gasteiger charge is -2.09. The van der Waals surface area contributed by atoms with Gasteiger partial charge in [0.05, 0.1) is 40.3 Å². The van der Waals surface area contributed by atoms with Crippen LogP contribution in [0.3, 0.4) is 0 Å². The fourth-order valence-electron chi connectivity index (χ4n) is 5.37. The number of esters is 2. The van der Waals surface area contributed by atoms with Crippen molar-refractivity contribution in [1.82, 2.24) is 19.9 Å². The molecule has 0 saturated heterocycles. The summed E-state index contributed by atoms with van der Waals surface area (Å²) in [6.45, 7) is 0.407. The first-order chi connectivity index (χ1) is 25.4. The molecule has 0 bridgehead atoms. The summed E-state index contributed by atoms with van der Waals surface area (Å²) in [6, 6.07) is 16.2. The summed E-state index contributed by atoms with van der Waals surface area (Å²) in [7, 11) is 3.01. The number of aliphatic imine (C=N–C) groups is 2. The molecule has 12 nitrogen and oxygen atoms in total. The van der Waals surface area contributed by atoms with Crippen molar-refractivity contribution >= 4 is 88.7 Å². The molecule has 2 aliphatic heterocycles. The number of carbonyl (C=O) groups excluding carboxylic acids is 2. The molecule has 0 amide bonds. The average Bonchev–Trinajstić information content (AvgIpc) is 4.01. The van der Waals surface area contributed by atoms with Gasteiger partial charge >= 0.3 is 11.9 Å². The highest BCUT2D eigenvalue weighted by Gasteiger charge is 2.29. The van der Waals surface area contributed by atoms with E-state index in [1.165, 1.54) is 53.3 Å². The van der Waals surface area contributed by atoms with Crippen LogP contribution in [0.15, 0.2) is 83.2 Å². The summed E-state index contributed by atoms with van der Waals surface area (Å²) in [5.74, 6) is 1.82. The first kappa shape index (κ1) is 34.2. The van der Waals surface area contributed by atoms with E-state index >= 15 is 0 Å². The smallest absolute Gasteiger partial charge is 0.332 e. The standard InChI is InChI=1S/C36H28N6O6S4/c1-45-22-4-7-25-29(10-22)51-34(39-25)32-42-28(18-50-32)36(44)48-15-19-3-6-24(38-13-19)21-9-20(12-37-14-21)16-47-23-5-8-26-30(11-23)52-33(40-26)31-41-27(17-49-31)35(43)46-2/h3-14,27-28H,15-18H2,1-2H3. The van der Waals surface area contributed by atoms with Gasteiger partial charge in [0.2, 0.25) is 0 Å². The zero-order chi connectivity index (χ0) is 35.6. The van der Waals surface area contributed by atoms with Gasteiger partial charge in [0.25, 0.3) is 0 Å². The number of fused-ring (bicyclic) bond motifs is 2. The summed E-state index contributed by atoms with van der Waals surface area (Å²) in [5.41, 5.74) is 4.93. The minimum atomic E-state index is -0.584. The lowest BCUT2D eigenvalue weighted by molar-refractivity contribution is -0.145. The highest BCUT2D eigenvalue weighted by molar-refractivity contribution is 8.15. The molecule has 6 aromatic rings. The zero-order valence-electron chi connectivity index (χ0n) is 27.7. The normalized spacial score (nSPS) is 16.9. The van der Waals surface area contributed by atoms with Gasteiger partial charge in [0.1, 0.15) is 44.8 Å². The van der Waals surface area contributed by atoms with Gasteiger partial charge in [-0.1, -0.05) is 6.07 Å². The number of nitrogens with zero attached hydrogens (tertiary/aromatic N) is 6. The maximum Gasteiger partial charge on any atom is 0.332 e. The van der Waals surface area contributed by atoms with Crippen molar-refractivity contribution in [2.45, 2.75) is 25.3 Å². The summed E-state index contributed by atoms with van der Waals surface area (Å²) < 4.78 is 23.8. The Labute approximate surface area is 313 Å². The van der Waals surface area contributed by atoms with E-state index < -0.39 is 12.1 Å². The maximum atomic E-state index is 12.9. The molecule has 4 aromatic heterocycles. The Kier molecular flexibility index (Phi) is 9.86. The molecule has 6 heterocycles. The fraction of sp³-hybridized carbons (Fsp3) is 0.222. The van der Waals surface area contributed by atoms with Crippen LogP contribution in [0.25, 0.3) is 31.7 Å². The molecule has 0 saturated carbocycles. The van der Waals surface area contributed by atoms with Gasteiger partial charge in [-0.25, -0.2) is 19.6 Å². The molecule has 0 fully saturated rings. The number of rotatable bonds is 11. The Morgan fingerprint density at radius 3 is 2.06 bits per heavy atom. The number of hydrogen-bond acceptors (Lipinski definition) is 16. The highest BCUT2D eigenvalue weighted by atomic mass is 32.2. The van der Waals surface area contributed by atoms with Gasteiger partial charge in [-0.15, -0.1) is 46.2 Å². The van der Waals surface area contributed by atoms with Crippen LogP contribution in [-0.2, 0) is 32.3 Å². The SMILES string of the molecule is COC(=O)C1CSC(c2nc3ccc(OCc4cncc(-c5ccc(COC(=O)C6CSC(c7nc8ccc(OC)cc8s7)=N6)cn5)c4)cc3s2)=N1. The largest absolute Gasteiger partial charge is 0.497 e. The molecular weight excluding hydrogens is 741 g/mol. The van der Waals surface area contributed by atoms with Crippen molar-refractivity contribution in [3.63, 3.8) is 0 Å². The van der Waals surface area contributed by atoms with Crippen molar-refractivity contribution in [3.8, 4) is 22.8 Å². The molecule has 0 spiro atoms. The maximum absolute atomic E-state index is 12.9. The number of methoxy groups -OCH3 is 2. The van der Waals surface area contributed by atoms with Crippen LogP contribution in [0.1, 0.15) is 21.1 Å². The van der Waals surface area contributed by atoms with Crippen molar-refractivity contribution in [2.75, 3.05) is 25.7 Å². The Morgan fingerprint density at radius 2 is 1.40 bits per heavy atom. The van der Waals surface area contributed by atoms with E-state index in [0.29, 0.717) is 23.9 Å². The third-order valence-corrected chi connectivity index (χ3v) is 12.5. The van der Waals surface area contributed by atoms with E-state index in [4.69, 9.17) is 23.9 Å². The van der Waals surface area contributed by atoms with E-state index in [1.54, 1.807) is 25.7 Å². The van der Waals surface area contributed by atoms with Crippen molar-refractivity contribution in [3.05, 3.63) is 94.3 Å². The molecule has 262 valence electrons. The topological polar surface area (TPSA) is 147 Å². The summed E-state index contributed by atoms with van der Waals surface area (Å²) in [4.78, 5) is 52.2. The van der Waals surface area contributed by atoms with Crippen molar-refractivity contribution < 1.29 is 28.5 Å². The van der Waals surface area contributed by atoms with E-state index in [9.17, 15) is 9.59 Å². The molecule has 16 heteroatoms. The molecule has 52 heavy (non-hydrogen) atoms. The monoisotopic (exact) mass is 768 g/mol. The van der Waals surface area contributed by atoms with Crippen molar-refractivity contribution in [2.24, 2.45) is 9.98 Å². The Bertz CT molecular complexity index is 2380. The number of carbonyl (C=O) groups is 2. The number of ether oxygens (including phenoxy) is 4. The molecule has 0 N–H and O–H groups in total. The number of thioether (sulfide) groups is 2. The molecule has 2 aliphatic rings. The second-order valence-corrected chi connectivity index (χ2v) is 15.7. The van der Waals surface area contributed by atoms with Crippen LogP contribution in [0.4, 0.5) is 0 Å². The van der Waals surface area contributed by atoms with Crippen LogP contribution < -0.4 is 9.47 Å².